The summed E-state index contributed by atoms with van der Waals surface area (Å²) in [5.41, 5.74) is 2.26. The third-order valence-corrected chi connectivity index (χ3v) is 8.16. The second-order valence-corrected chi connectivity index (χ2v) is 10.7. The Labute approximate surface area is 206 Å². The molecule has 4 rings (SSSR count). The van der Waals surface area contributed by atoms with Gasteiger partial charge in [-0.05, 0) is 47.8 Å². The van der Waals surface area contributed by atoms with E-state index in [4.69, 9.17) is 4.74 Å². The van der Waals surface area contributed by atoms with Crippen LogP contribution in [0.15, 0.2) is 89.8 Å². The highest BCUT2D eigenvalue weighted by atomic mass is 32.2. The van der Waals surface area contributed by atoms with E-state index in [1.807, 2.05) is 67.6 Å². The summed E-state index contributed by atoms with van der Waals surface area (Å²) < 4.78 is 33.5. The number of nitrogens with zero attached hydrogens (tertiary/aromatic N) is 1. The van der Waals surface area contributed by atoms with Crippen LogP contribution in [0.3, 0.4) is 0 Å². The van der Waals surface area contributed by atoms with Crippen molar-refractivity contribution in [1.29, 1.82) is 0 Å². The minimum Gasteiger partial charge on any atom is -0.469 e. The lowest BCUT2D eigenvalue weighted by Crippen LogP contribution is -2.51. The molecule has 182 valence electrons. The van der Waals surface area contributed by atoms with E-state index in [0.29, 0.717) is 11.1 Å². The molecule has 7 heteroatoms. The number of benzene rings is 3. The van der Waals surface area contributed by atoms with Gasteiger partial charge in [0.15, 0.2) is 0 Å². The van der Waals surface area contributed by atoms with E-state index in [1.165, 1.54) is 11.4 Å². The standard InChI is InChI=1S/C28H29NO5S/c1-21-13-15-24(16-14-21)35(32,33)29-19-25(22-9-5-3-6-10-22)27(23-11-7-4-8-12-23)28(31,20-29)18-17-26(30)34-2/h3-16,31H,17-20H2,1-2H3/t28-/m0/s1. The number of β-amino-alcohol motifs (C(OH)–C–C–N with tert-alkyl or cyclic N) is 1. The van der Waals surface area contributed by atoms with Crippen LogP contribution in [0.5, 0.6) is 0 Å². The minimum atomic E-state index is -3.92. The summed E-state index contributed by atoms with van der Waals surface area (Å²) in [4.78, 5) is 12.2. The van der Waals surface area contributed by atoms with Gasteiger partial charge < -0.3 is 9.84 Å². The van der Waals surface area contributed by atoms with Crippen LogP contribution in [0.2, 0.25) is 0 Å². The number of hydrogen-bond donors (Lipinski definition) is 1. The van der Waals surface area contributed by atoms with Crippen molar-refractivity contribution in [1.82, 2.24) is 4.31 Å². The number of aliphatic hydroxyl groups is 1. The summed E-state index contributed by atoms with van der Waals surface area (Å²) in [6.45, 7) is 1.80. The number of ether oxygens (including phenoxy) is 1. The quantitative estimate of drug-likeness (QED) is 0.499. The molecule has 0 unspecified atom stereocenters. The summed E-state index contributed by atoms with van der Waals surface area (Å²) in [5, 5.41) is 12.1. The predicted octanol–water partition coefficient (Wildman–Crippen LogP) is 4.29. The summed E-state index contributed by atoms with van der Waals surface area (Å²) in [7, 11) is -2.62. The molecule has 0 fully saturated rings. The number of methoxy groups -OCH3 is 1. The van der Waals surface area contributed by atoms with E-state index in [0.717, 1.165) is 16.7 Å². The summed E-state index contributed by atoms with van der Waals surface area (Å²) in [5.74, 6) is -0.467. The molecule has 0 aromatic heterocycles. The van der Waals surface area contributed by atoms with Crippen LogP contribution < -0.4 is 0 Å². The molecule has 3 aromatic rings. The molecule has 0 saturated heterocycles. The van der Waals surface area contributed by atoms with E-state index < -0.39 is 21.6 Å². The Morgan fingerprint density at radius 1 is 0.943 bits per heavy atom. The Morgan fingerprint density at radius 3 is 2.09 bits per heavy atom. The fourth-order valence-electron chi connectivity index (χ4n) is 4.53. The number of hydrogen-bond acceptors (Lipinski definition) is 5. The number of carbonyl (C=O) groups excluding carboxylic acids is 1. The second kappa shape index (κ2) is 10.2. The molecule has 35 heavy (non-hydrogen) atoms. The van der Waals surface area contributed by atoms with E-state index >= 15 is 0 Å². The Bertz CT molecular complexity index is 1320. The van der Waals surface area contributed by atoms with Gasteiger partial charge in [-0.2, -0.15) is 4.31 Å². The first kappa shape index (κ1) is 24.9. The fraction of sp³-hybridized carbons (Fsp3) is 0.250. The van der Waals surface area contributed by atoms with Gasteiger partial charge in [0.1, 0.15) is 5.60 Å². The average molecular weight is 492 g/mol. The molecule has 1 N–H and O–H groups in total. The maximum absolute atomic E-state index is 13.7. The van der Waals surface area contributed by atoms with Crippen molar-refractivity contribution >= 4 is 27.1 Å². The molecule has 0 spiro atoms. The number of carbonyl (C=O) groups is 1. The Hall–Kier alpha value is -3.26. The minimum absolute atomic E-state index is 0.0140. The number of aryl methyl sites for hydroxylation is 1. The lowest BCUT2D eigenvalue weighted by Gasteiger charge is -2.42. The molecule has 1 heterocycles. The van der Waals surface area contributed by atoms with Gasteiger partial charge in [0.25, 0.3) is 0 Å². The zero-order chi connectivity index (χ0) is 25.1. The van der Waals surface area contributed by atoms with Crippen molar-refractivity contribution in [3.05, 3.63) is 102 Å². The highest BCUT2D eigenvalue weighted by molar-refractivity contribution is 7.89. The molecule has 1 atom stereocenters. The van der Waals surface area contributed by atoms with Crippen molar-refractivity contribution in [3.8, 4) is 0 Å². The third kappa shape index (κ3) is 5.22. The topological polar surface area (TPSA) is 83.9 Å². The zero-order valence-corrected chi connectivity index (χ0v) is 20.7. The van der Waals surface area contributed by atoms with Crippen molar-refractivity contribution in [3.63, 3.8) is 0 Å². The van der Waals surface area contributed by atoms with Crippen LogP contribution in [0.1, 0.15) is 29.5 Å². The maximum atomic E-state index is 13.7. The zero-order valence-electron chi connectivity index (χ0n) is 19.8. The Morgan fingerprint density at radius 2 is 1.51 bits per heavy atom. The summed E-state index contributed by atoms with van der Waals surface area (Å²) in [6, 6.07) is 25.6. The third-order valence-electron chi connectivity index (χ3n) is 6.35. The van der Waals surface area contributed by atoms with Crippen LogP contribution in [-0.2, 0) is 19.6 Å². The van der Waals surface area contributed by atoms with E-state index in [1.54, 1.807) is 24.3 Å². The van der Waals surface area contributed by atoms with Gasteiger partial charge in [0, 0.05) is 19.5 Å². The molecular weight excluding hydrogens is 462 g/mol. The normalized spacial score (nSPS) is 18.9. The lowest BCUT2D eigenvalue weighted by molar-refractivity contribution is -0.141. The molecule has 0 bridgehead atoms. The molecule has 6 nitrogen and oxygen atoms in total. The summed E-state index contributed by atoms with van der Waals surface area (Å²) in [6.07, 6.45) is -0.0377. The van der Waals surface area contributed by atoms with Gasteiger partial charge in [-0.3, -0.25) is 4.79 Å². The number of rotatable bonds is 7. The Balaban J connectivity index is 1.90. The smallest absolute Gasteiger partial charge is 0.305 e. The van der Waals surface area contributed by atoms with Gasteiger partial charge >= 0.3 is 5.97 Å². The highest BCUT2D eigenvalue weighted by Gasteiger charge is 2.44. The van der Waals surface area contributed by atoms with E-state index in [2.05, 4.69) is 0 Å². The average Bonchev–Trinajstić information content (AvgIpc) is 2.88. The molecule has 0 saturated carbocycles. The van der Waals surface area contributed by atoms with Crippen LogP contribution in [0.4, 0.5) is 0 Å². The molecule has 1 aliphatic heterocycles. The van der Waals surface area contributed by atoms with Gasteiger partial charge in [-0.1, -0.05) is 78.4 Å². The van der Waals surface area contributed by atoms with Gasteiger partial charge in [-0.15, -0.1) is 0 Å². The van der Waals surface area contributed by atoms with Crippen LogP contribution in [-0.4, -0.2) is 49.6 Å². The first-order valence-electron chi connectivity index (χ1n) is 11.4. The molecule has 1 aliphatic rings. The van der Waals surface area contributed by atoms with Crippen molar-refractivity contribution in [2.24, 2.45) is 0 Å². The lowest BCUT2D eigenvalue weighted by atomic mass is 9.77. The molecular formula is C28H29NO5S. The molecule has 0 radical (unpaired) electrons. The van der Waals surface area contributed by atoms with Gasteiger partial charge in [0.2, 0.25) is 10.0 Å². The molecule has 0 aliphatic carbocycles. The number of sulfonamides is 1. The van der Waals surface area contributed by atoms with E-state index in [-0.39, 0.29) is 30.8 Å². The molecule has 0 amide bonds. The van der Waals surface area contributed by atoms with Gasteiger partial charge in [-0.25, -0.2) is 8.42 Å². The highest BCUT2D eigenvalue weighted by Crippen LogP contribution is 2.43. The fourth-order valence-corrected chi connectivity index (χ4v) is 5.99. The first-order chi connectivity index (χ1) is 16.7. The predicted molar refractivity (Wildman–Crippen MR) is 136 cm³/mol. The SMILES string of the molecule is COC(=O)CC[C@]1(O)CN(S(=O)(=O)c2ccc(C)cc2)CC(c2ccccc2)=C1c1ccccc1. The van der Waals surface area contributed by atoms with Crippen molar-refractivity contribution in [2.75, 3.05) is 20.2 Å². The molecule has 3 aromatic carbocycles. The first-order valence-corrected chi connectivity index (χ1v) is 12.9. The second-order valence-electron chi connectivity index (χ2n) is 8.78. The largest absolute Gasteiger partial charge is 0.469 e. The van der Waals surface area contributed by atoms with Crippen LogP contribution in [0.25, 0.3) is 11.1 Å². The maximum Gasteiger partial charge on any atom is 0.305 e. The monoisotopic (exact) mass is 491 g/mol. The number of esters is 1. The Kier molecular flexibility index (Phi) is 7.21. The van der Waals surface area contributed by atoms with Gasteiger partial charge in [0.05, 0.1) is 12.0 Å². The van der Waals surface area contributed by atoms with Crippen LogP contribution >= 0.6 is 0 Å². The van der Waals surface area contributed by atoms with E-state index in [9.17, 15) is 18.3 Å². The summed E-state index contributed by atoms with van der Waals surface area (Å²) >= 11 is 0. The van der Waals surface area contributed by atoms with Crippen molar-refractivity contribution in [2.45, 2.75) is 30.3 Å². The van der Waals surface area contributed by atoms with Crippen LogP contribution in [0, 0.1) is 6.92 Å². The van der Waals surface area contributed by atoms with Crippen molar-refractivity contribution < 1.29 is 23.1 Å².